The highest BCUT2D eigenvalue weighted by atomic mass is 79.9. The van der Waals surface area contributed by atoms with Gasteiger partial charge in [-0.1, -0.05) is 0 Å². The van der Waals surface area contributed by atoms with E-state index in [1.807, 2.05) is 0 Å². The van der Waals surface area contributed by atoms with Crippen molar-refractivity contribution >= 4 is 53.7 Å². The number of halogens is 2. The summed E-state index contributed by atoms with van der Waals surface area (Å²) in [6, 6.07) is 3.10. The smallest absolute Gasteiger partial charge is 0.241 e. The van der Waals surface area contributed by atoms with Gasteiger partial charge in [0.15, 0.2) is 11.5 Å². The molecule has 0 spiro atoms. The zero-order valence-electron chi connectivity index (χ0n) is 13.9. The van der Waals surface area contributed by atoms with E-state index >= 15 is 0 Å². The summed E-state index contributed by atoms with van der Waals surface area (Å²) in [7, 11) is 2.97. The minimum absolute atomic E-state index is 0.00302. The molecule has 1 aromatic heterocycles. The van der Waals surface area contributed by atoms with E-state index in [0.29, 0.717) is 11.5 Å². The third-order valence-electron chi connectivity index (χ3n) is 4.07. The molecule has 0 radical (unpaired) electrons. The molecule has 0 N–H and O–H groups in total. The van der Waals surface area contributed by atoms with Crippen LogP contribution in [0, 0.1) is 6.92 Å². The zero-order valence-corrected chi connectivity index (χ0v) is 17.1. The highest BCUT2D eigenvalue weighted by molar-refractivity contribution is 9.16. The second-order valence-electron chi connectivity index (χ2n) is 5.47. The van der Waals surface area contributed by atoms with Crippen LogP contribution in [0.3, 0.4) is 0 Å². The fourth-order valence-electron chi connectivity index (χ4n) is 2.70. The Balaban J connectivity index is 2.17. The van der Waals surface area contributed by atoms with Crippen molar-refractivity contribution in [3.8, 4) is 11.5 Å². The van der Waals surface area contributed by atoms with E-state index in [-0.39, 0.29) is 31.4 Å². The summed E-state index contributed by atoms with van der Waals surface area (Å²) in [6.45, 7) is 1.80. The average Bonchev–Trinajstić information content (AvgIpc) is 3.09. The molecule has 1 aromatic carbocycles. The summed E-state index contributed by atoms with van der Waals surface area (Å²) in [6.07, 6.45) is 1.17. The minimum atomic E-state index is -0.807. The summed E-state index contributed by atoms with van der Waals surface area (Å²) in [5.41, 5.74) is 0.927. The maximum Gasteiger partial charge on any atom is 0.241 e. The fourth-order valence-corrected chi connectivity index (χ4v) is 3.53. The summed E-state index contributed by atoms with van der Waals surface area (Å²) in [5.74, 6) is -0.966. The van der Waals surface area contributed by atoms with E-state index in [2.05, 4.69) is 31.9 Å². The van der Waals surface area contributed by atoms with Crippen LogP contribution in [-0.4, -0.2) is 31.6 Å². The van der Waals surface area contributed by atoms with E-state index in [0.717, 1.165) is 5.56 Å². The maximum atomic E-state index is 13.0. The summed E-state index contributed by atoms with van der Waals surface area (Å²) in [5, 5.41) is 0. The van der Waals surface area contributed by atoms with Gasteiger partial charge in [-0.2, -0.15) is 0 Å². The highest BCUT2D eigenvalue weighted by Gasteiger charge is 2.37. The van der Waals surface area contributed by atoms with E-state index in [1.165, 1.54) is 20.5 Å². The number of benzene rings is 1. The molecule has 0 amide bonds. The van der Waals surface area contributed by atoms with Gasteiger partial charge in [0.2, 0.25) is 11.6 Å². The third kappa shape index (κ3) is 2.73. The van der Waals surface area contributed by atoms with Gasteiger partial charge in [0, 0.05) is 11.1 Å². The number of allylic oxidation sites excluding steroid dienone is 1. The van der Waals surface area contributed by atoms with Crippen LogP contribution in [0.15, 0.2) is 27.3 Å². The molecule has 0 saturated carbocycles. The molecule has 0 atom stereocenters. The predicted molar refractivity (Wildman–Crippen MR) is 101 cm³/mol. The molecule has 1 aliphatic carbocycles. The van der Waals surface area contributed by atoms with Crippen molar-refractivity contribution in [2.24, 2.45) is 0 Å². The number of carbonyl (C=O) groups is 3. The van der Waals surface area contributed by atoms with Gasteiger partial charge in [0.05, 0.1) is 34.3 Å². The molecule has 26 heavy (non-hydrogen) atoms. The molecule has 0 saturated heterocycles. The number of methoxy groups -OCH3 is 2. The van der Waals surface area contributed by atoms with Crippen molar-refractivity contribution in [2.45, 2.75) is 6.92 Å². The second-order valence-corrected chi connectivity index (χ2v) is 7.06. The molecular formula is C18H12Br2O6. The van der Waals surface area contributed by atoms with Gasteiger partial charge in [-0.15, -0.1) is 0 Å². The number of hydrogen-bond donors (Lipinski definition) is 0. The number of Topliss-reactive ketones (excluding diaryl/α,β-unsaturated/α-hetero) is 2. The van der Waals surface area contributed by atoms with E-state index in [1.54, 1.807) is 19.1 Å². The first-order chi connectivity index (χ1) is 12.3. The van der Waals surface area contributed by atoms with Crippen LogP contribution in [0.5, 0.6) is 11.5 Å². The summed E-state index contributed by atoms with van der Waals surface area (Å²) >= 11 is 6.26. The molecule has 0 fully saturated rings. The molecule has 8 heteroatoms. The number of carbonyl (C=O) groups excluding carboxylic acids is 3. The largest absolute Gasteiger partial charge is 0.496 e. The first-order valence-electron chi connectivity index (χ1n) is 7.35. The van der Waals surface area contributed by atoms with Crippen molar-refractivity contribution in [3.05, 3.63) is 50.9 Å². The summed E-state index contributed by atoms with van der Waals surface area (Å²) < 4.78 is 16.3. The molecule has 3 rings (SSSR count). The van der Waals surface area contributed by atoms with Crippen molar-refractivity contribution < 1.29 is 28.3 Å². The van der Waals surface area contributed by atoms with E-state index in [9.17, 15) is 14.4 Å². The predicted octanol–water partition coefficient (Wildman–Crippen LogP) is 4.06. The Kier molecular flexibility index (Phi) is 4.90. The van der Waals surface area contributed by atoms with Crippen molar-refractivity contribution in [2.75, 3.05) is 14.2 Å². The van der Waals surface area contributed by atoms with Crippen LogP contribution in [0.1, 0.15) is 37.6 Å². The third-order valence-corrected chi connectivity index (χ3v) is 6.12. The lowest BCUT2D eigenvalue weighted by Gasteiger charge is -2.13. The first-order valence-corrected chi connectivity index (χ1v) is 8.93. The number of hydrogen-bond acceptors (Lipinski definition) is 6. The van der Waals surface area contributed by atoms with Gasteiger partial charge in [0.25, 0.3) is 0 Å². The monoisotopic (exact) mass is 482 g/mol. The van der Waals surface area contributed by atoms with Crippen LogP contribution in [0.2, 0.25) is 0 Å². The SMILES string of the molecule is COc1cc(C(=O)c2coc3c2C(=O)C(=O)C(Br)=C3Br)cc(OC)c1C. The van der Waals surface area contributed by atoms with Gasteiger partial charge in [-0.3, -0.25) is 14.4 Å². The fraction of sp³-hybridized carbons (Fsp3) is 0.167. The molecule has 1 heterocycles. The molecule has 2 aromatic rings. The van der Waals surface area contributed by atoms with Gasteiger partial charge in [-0.05, 0) is 50.9 Å². The Hall–Kier alpha value is -2.19. The van der Waals surface area contributed by atoms with Crippen LogP contribution >= 0.6 is 31.9 Å². The minimum Gasteiger partial charge on any atom is -0.496 e. The quantitative estimate of drug-likeness (QED) is 0.481. The van der Waals surface area contributed by atoms with Gasteiger partial charge < -0.3 is 13.9 Å². The Morgan fingerprint density at radius 3 is 2.12 bits per heavy atom. The lowest BCUT2D eigenvalue weighted by Crippen LogP contribution is -2.22. The average molecular weight is 484 g/mol. The van der Waals surface area contributed by atoms with E-state index in [4.69, 9.17) is 13.9 Å². The second kappa shape index (κ2) is 6.85. The Morgan fingerprint density at radius 1 is 1.00 bits per heavy atom. The van der Waals surface area contributed by atoms with E-state index < -0.39 is 17.3 Å². The lowest BCUT2D eigenvalue weighted by molar-refractivity contribution is -0.111. The number of rotatable bonds is 4. The molecule has 1 aliphatic rings. The molecule has 6 nitrogen and oxygen atoms in total. The maximum absolute atomic E-state index is 13.0. The van der Waals surface area contributed by atoms with Gasteiger partial charge >= 0.3 is 0 Å². The number of furan rings is 1. The van der Waals surface area contributed by atoms with Crippen LogP contribution < -0.4 is 9.47 Å². The molecule has 134 valence electrons. The lowest BCUT2D eigenvalue weighted by atomic mass is 9.93. The standard InChI is InChI=1S/C18H12Br2O6/c1-7-10(24-2)4-8(5-11(7)25-3)15(21)9-6-26-18-12(9)16(22)17(23)13(19)14(18)20/h4-6H,1-3H3. The normalized spacial score (nSPS) is 13.7. The zero-order chi connectivity index (χ0) is 19.2. The Labute approximate surface area is 165 Å². The van der Waals surface area contributed by atoms with Crippen LogP contribution in [0.4, 0.5) is 0 Å². The first kappa shape index (κ1) is 18.6. The topological polar surface area (TPSA) is 82.8 Å². The Bertz CT molecular complexity index is 974. The van der Waals surface area contributed by atoms with Crippen LogP contribution in [0.25, 0.3) is 4.48 Å². The molecule has 0 unspecified atom stereocenters. The number of fused-ring (bicyclic) bond motifs is 1. The number of ether oxygens (including phenoxy) is 2. The molecule has 0 aliphatic heterocycles. The number of ketones is 3. The van der Waals surface area contributed by atoms with Gasteiger partial charge in [-0.25, -0.2) is 0 Å². The summed E-state index contributed by atoms with van der Waals surface area (Å²) in [4.78, 5) is 37.5. The molecular weight excluding hydrogens is 472 g/mol. The van der Waals surface area contributed by atoms with Crippen molar-refractivity contribution in [3.63, 3.8) is 0 Å². The molecule has 0 bridgehead atoms. The van der Waals surface area contributed by atoms with Gasteiger partial charge in [0.1, 0.15) is 17.8 Å². The van der Waals surface area contributed by atoms with Crippen LogP contribution in [-0.2, 0) is 4.79 Å². The van der Waals surface area contributed by atoms with Crippen molar-refractivity contribution in [1.82, 2.24) is 0 Å². The van der Waals surface area contributed by atoms with Crippen molar-refractivity contribution in [1.29, 1.82) is 0 Å². The Morgan fingerprint density at radius 2 is 1.58 bits per heavy atom. The highest BCUT2D eigenvalue weighted by Crippen LogP contribution is 2.40.